The molecule has 6 heteroatoms. The average molecular weight is 351 g/mol. The number of nitrogens with zero attached hydrogens (tertiary/aromatic N) is 1. The molecule has 142 valence electrons. The maximum atomic E-state index is 13.3. The van der Waals surface area contributed by atoms with E-state index in [-0.39, 0.29) is 41.2 Å². The fraction of sp³-hybridized carbons (Fsp3) is 0.895. The second-order valence-electron chi connectivity index (χ2n) is 8.86. The molecule has 2 amide bonds. The van der Waals surface area contributed by atoms with Gasteiger partial charge in [0.2, 0.25) is 11.8 Å². The van der Waals surface area contributed by atoms with E-state index in [0.29, 0.717) is 13.1 Å². The molecule has 3 fully saturated rings. The Balaban J connectivity index is 1.62. The number of rotatable bonds is 3. The fourth-order valence-corrected chi connectivity index (χ4v) is 4.87. The summed E-state index contributed by atoms with van der Waals surface area (Å²) in [5.74, 6) is 0.272. The number of piperidine rings is 1. The van der Waals surface area contributed by atoms with E-state index >= 15 is 0 Å². The van der Waals surface area contributed by atoms with Gasteiger partial charge in [-0.1, -0.05) is 27.7 Å². The molecule has 3 rings (SSSR count). The zero-order valence-electron chi connectivity index (χ0n) is 16.0. The van der Waals surface area contributed by atoms with Crippen LogP contribution in [-0.2, 0) is 14.3 Å². The van der Waals surface area contributed by atoms with Crippen molar-refractivity contribution in [2.45, 2.75) is 71.1 Å². The Morgan fingerprint density at radius 2 is 1.84 bits per heavy atom. The lowest BCUT2D eigenvalue weighted by atomic mass is 9.46. The Morgan fingerprint density at radius 3 is 2.44 bits per heavy atom. The predicted octanol–water partition coefficient (Wildman–Crippen LogP) is 1.28. The van der Waals surface area contributed by atoms with Crippen LogP contribution in [0.1, 0.15) is 53.4 Å². The normalized spacial score (nSPS) is 35.0. The smallest absolute Gasteiger partial charge is 0.243 e. The number of hydrogen-bond acceptors (Lipinski definition) is 4. The Bertz CT molecular complexity index is 540. The van der Waals surface area contributed by atoms with Gasteiger partial charge in [0.05, 0.1) is 6.10 Å². The molecule has 3 unspecified atom stereocenters. The van der Waals surface area contributed by atoms with Crippen molar-refractivity contribution in [2.75, 3.05) is 19.7 Å². The van der Waals surface area contributed by atoms with E-state index in [4.69, 9.17) is 10.5 Å². The maximum Gasteiger partial charge on any atom is 0.243 e. The number of carbonyl (C=O) groups is 2. The van der Waals surface area contributed by atoms with Crippen molar-refractivity contribution < 1.29 is 14.3 Å². The van der Waals surface area contributed by atoms with Gasteiger partial charge in [0.1, 0.15) is 5.54 Å². The van der Waals surface area contributed by atoms with Gasteiger partial charge in [-0.2, -0.15) is 0 Å². The molecule has 3 N–H and O–H groups in total. The summed E-state index contributed by atoms with van der Waals surface area (Å²) in [7, 11) is 0. The Labute approximate surface area is 150 Å². The van der Waals surface area contributed by atoms with Crippen LogP contribution in [0.3, 0.4) is 0 Å². The molecule has 0 aromatic carbocycles. The summed E-state index contributed by atoms with van der Waals surface area (Å²) in [4.78, 5) is 27.0. The number of carbonyl (C=O) groups excluding carboxylic acids is 2. The summed E-state index contributed by atoms with van der Waals surface area (Å²) in [6.07, 6.45) is 3.64. The number of nitrogens with one attached hydrogen (secondary N) is 1. The Hall–Kier alpha value is -1.14. The molecule has 3 aliphatic rings. The fourth-order valence-electron chi connectivity index (χ4n) is 4.87. The van der Waals surface area contributed by atoms with Gasteiger partial charge in [0.15, 0.2) is 0 Å². The summed E-state index contributed by atoms with van der Waals surface area (Å²) < 4.78 is 5.91. The molecule has 25 heavy (non-hydrogen) atoms. The van der Waals surface area contributed by atoms with Gasteiger partial charge in [-0.05, 0) is 25.7 Å². The summed E-state index contributed by atoms with van der Waals surface area (Å²) in [5, 5.41) is 3.08. The average Bonchev–Trinajstić information content (AvgIpc) is 2.60. The van der Waals surface area contributed by atoms with Crippen LogP contribution in [-0.4, -0.2) is 54.1 Å². The first kappa shape index (κ1) is 18.6. The molecule has 2 aliphatic heterocycles. The zero-order chi connectivity index (χ0) is 18.4. The van der Waals surface area contributed by atoms with Gasteiger partial charge in [-0.15, -0.1) is 0 Å². The monoisotopic (exact) mass is 351 g/mol. The van der Waals surface area contributed by atoms with E-state index in [1.807, 2.05) is 18.7 Å². The number of hydrogen-bond donors (Lipinski definition) is 2. The molecular weight excluding hydrogens is 318 g/mol. The highest BCUT2D eigenvalue weighted by Gasteiger charge is 2.70. The number of amides is 2. The predicted molar refractivity (Wildman–Crippen MR) is 95.7 cm³/mol. The first-order chi connectivity index (χ1) is 11.7. The molecule has 2 saturated heterocycles. The van der Waals surface area contributed by atoms with Crippen molar-refractivity contribution in [2.24, 2.45) is 23.0 Å². The molecular formula is C19H33N3O3. The van der Waals surface area contributed by atoms with Crippen molar-refractivity contribution in [1.29, 1.82) is 0 Å². The van der Waals surface area contributed by atoms with Crippen LogP contribution in [0.2, 0.25) is 0 Å². The van der Waals surface area contributed by atoms with Crippen LogP contribution in [0.5, 0.6) is 0 Å². The first-order valence-electron chi connectivity index (χ1n) is 9.69. The number of fused-ring (bicyclic) bond motifs is 1. The lowest BCUT2D eigenvalue weighted by Crippen LogP contribution is -2.82. The van der Waals surface area contributed by atoms with Crippen LogP contribution in [0.4, 0.5) is 0 Å². The van der Waals surface area contributed by atoms with Crippen LogP contribution in [0, 0.1) is 17.3 Å². The minimum atomic E-state index is -0.827. The zero-order valence-corrected chi connectivity index (χ0v) is 16.0. The quantitative estimate of drug-likeness (QED) is 0.802. The molecule has 0 aromatic rings. The van der Waals surface area contributed by atoms with Crippen LogP contribution in [0.25, 0.3) is 0 Å². The third-order valence-electron chi connectivity index (χ3n) is 6.69. The van der Waals surface area contributed by atoms with Crippen LogP contribution >= 0.6 is 0 Å². The molecule has 6 nitrogen and oxygen atoms in total. The van der Waals surface area contributed by atoms with E-state index < -0.39 is 5.54 Å². The van der Waals surface area contributed by atoms with Crippen molar-refractivity contribution in [3.8, 4) is 0 Å². The Kier molecular flexibility index (Phi) is 4.88. The summed E-state index contributed by atoms with van der Waals surface area (Å²) >= 11 is 0. The van der Waals surface area contributed by atoms with Gasteiger partial charge < -0.3 is 20.7 Å². The molecule has 0 radical (unpaired) electrons. The highest BCUT2D eigenvalue weighted by Crippen LogP contribution is 2.58. The van der Waals surface area contributed by atoms with Gasteiger partial charge >= 0.3 is 0 Å². The minimum absolute atomic E-state index is 0.00835. The first-order valence-corrected chi connectivity index (χ1v) is 9.69. The second-order valence-corrected chi connectivity index (χ2v) is 8.86. The topological polar surface area (TPSA) is 84.7 Å². The largest absolute Gasteiger partial charge is 0.377 e. The molecule has 0 bridgehead atoms. The summed E-state index contributed by atoms with van der Waals surface area (Å²) in [6, 6.07) is 0.160. The third kappa shape index (κ3) is 2.87. The summed E-state index contributed by atoms with van der Waals surface area (Å²) in [5.41, 5.74) is 5.56. The Morgan fingerprint density at radius 1 is 1.20 bits per heavy atom. The van der Waals surface area contributed by atoms with E-state index in [9.17, 15) is 9.59 Å². The van der Waals surface area contributed by atoms with E-state index in [2.05, 4.69) is 19.2 Å². The molecule has 2 heterocycles. The van der Waals surface area contributed by atoms with Crippen LogP contribution in [0.15, 0.2) is 0 Å². The van der Waals surface area contributed by atoms with Gasteiger partial charge in [0.25, 0.3) is 0 Å². The molecule has 3 atom stereocenters. The lowest BCUT2D eigenvalue weighted by Gasteiger charge is -2.66. The lowest BCUT2D eigenvalue weighted by molar-refractivity contribution is -0.230. The maximum absolute atomic E-state index is 13.3. The van der Waals surface area contributed by atoms with E-state index in [1.165, 1.54) is 0 Å². The molecule has 0 aromatic heterocycles. The third-order valence-corrected chi connectivity index (χ3v) is 6.69. The highest BCUT2D eigenvalue weighted by atomic mass is 16.5. The molecule has 1 saturated carbocycles. The van der Waals surface area contributed by atoms with Crippen molar-refractivity contribution in [1.82, 2.24) is 10.2 Å². The van der Waals surface area contributed by atoms with Gasteiger partial charge in [-0.25, -0.2) is 0 Å². The van der Waals surface area contributed by atoms with Gasteiger partial charge in [-0.3, -0.25) is 9.59 Å². The van der Waals surface area contributed by atoms with Crippen LogP contribution < -0.4 is 11.1 Å². The van der Waals surface area contributed by atoms with Gasteiger partial charge in [0, 0.05) is 43.0 Å². The van der Waals surface area contributed by atoms with E-state index in [1.54, 1.807) is 0 Å². The minimum Gasteiger partial charge on any atom is -0.377 e. The van der Waals surface area contributed by atoms with E-state index in [0.717, 1.165) is 32.3 Å². The molecule has 1 aliphatic carbocycles. The molecule has 0 spiro atoms. The number of ether oxygens (including phenoxy) is 1. The highest BCUT2D eigenvalue weighted by molar-refractivity contribution is 5.89. The standard InChI is InChI=1S/C19H33N3O3/c1-12(2)16(23)21-13-7-9-22(10-8-13)17(24)19(20)14-6-5-11-25-15(14)18(19,3)4/h12-15H,5-11,20H2,1-4H3,(H,21,23). The van der Waals surface area contributed by atoms with Crippen molar-refractivity contribution in [3.05, 3.63) is 0 Å². The summed E-state index contributed by atoms with van der Waals surface area (Å²) in [6.45, 7) is 10.0. The van der Waals surface area contributed by atoms with Crippen molar-refractivity contribution >= 4 is 11.8 Å². The second kappa shape index (κ2) is 6.54. The number of nitrogens with two attached hydrogens (primary N) is 1. The van der Waals surface area contributed by atoms with Crippen molar-refractivity contribution in [3.63, 3.8) is 0 Å². The SMILES string of the molecule is CC(C)C(=O)NC1CCN(C(=O)C2(N)C3CCCOC3C2(C)C)CC1. The number of likely N-dealkylation sites (tertiary alicyclic amines) is 1.